The first-order chi connectivity index (χ1) is 52.8. The Morgan fingerprint density at radius 2 is 0.639 bits per heavy atom. The standard InChI is InChI=1S/C89H159NO18/c1-3-5-7-9-11-13-15-17-19-21-23-25-27-29-31-33-35-36-37-39-41-43-45-47-49-51-53-55-57-59-61-63-65-67-77(95)90-72(73(94)66-64-62-60-58-56-54-52-50-48-46-44-42-40-38-34-32-30-28-26-24-22-20-18-16-14-12-10-8-6-4-2)71-103-87-83(101)80(98)85(75(69-92)105-87)108-89-84(102)81(99)86(76(70-93)106-89)107-88-82(100)79(97)78(96)74(68-91)104-88/h5,7,11,13,17,19,23,25,29,31,35-36,64,66,72-76,78-89,91-94,96-102H,3-4,6,8-10,12,14-16,18,20-22,24,26-28,30,32-34,37-63,65,67-71H2,1-2H3,(H,90,95)/b7-5-,13-11-,19-17-,25-23-,31-29-,36-35-,66-64+. The van der Waals surface area contributed by atoms with Gasteiger partial charge in [0.25, 0.3) is 0 Å². The van der Waals surface area contributed by atoms with Gasteiger partial charge in [-0.1, -0.05) is 349 Å². The number of aliphatic hydroxyl groups excluding tert-OH is 11. The molecule has 17 unspecified atom stereocenters. The largest absolute Gasteiger partial charge is 0.394 e. The normalized spacial score (nSPS) is 25.8. The Labute approximate surface area is 654 Å². The van der Waals surface area contributed by atoms with E-state index in [0.717, 1.165) is 89.9 Å². The van der Waals surface area contributed by atoms with Crippen LogP contribution in [0.25, 0.3) is 0 Å². The van der Waals surface area contributed by atoms with E-state index in [1.54, 1.807) is 6.08 Å². The van der Waals surface area contributed by atoms with Crippen LogP contribution in [0.4, 0.5) is 0 Å². The van der Waals surface area contributed by atoms with Crippen LogP contribution in [0.3, 0.4) is 0 Å². The van der Waals surface area contributed by atoms with Crippen LogP contribution in [0.5, 0.6) is 0 Å². The summed E-state index contributed by atoms with van der Waals surface area (Å²) < 4.78 is 34.5. The molecule has 0 aromatic carbocycles. The Morgan fingerprint density at radius 1 is 0.343 bits per heavy atom. The van der Waals surface area contributed by atoms with Crippen LogP contribution in [0, 0.1) is 0 Å². The van der Waals surface area contributed by atoms with Crippen molar-refractivity contribution in [3.63, 3.8) is 0 Å². The van der Waals surface area contributed by atoms with Crippen molar-refractivity contribution >= 4 is 5.91 Å². The molecule has 17 atom stereocenters. The number of rotatable bonds is 70. The van der Waals surface area contributed by atoms with E-state index < -0.39 is 124 Å². The molecule has 3 saturated heterocycles. The molecular weight excluding hydrogens is 1370 g/mol. The van der Waals surface area contributed by atoms with E-state index in [0.29, 0.717) is 6.42 Å². The molecule has 12 N–H and O–H groups in total. The van der Waals surface area contributed by atoms with Crippen LogP contribution in [-0.4, -0.2) is 193 Å². The molecule has 3 aliphatic rings. The van der Waals surface area contributed by atoms with Gasteiger partial charge in [0, 0.05) is 6.42 Å². The van der Waals surface area contributed by atoms with E-state index in [1.807, 2.05) is 6.08 Å². The molecular formula is C89H159NO18. The highest BCUT2D eigenvalue weighted by Gasteiger charge is 2.54. The third kappa shape index (κ3) is 47.0. The fourth-order valence-electron chi connectivity index (χ4n) is 14.5. The lowest BCUT2D eigenvalue weighted by molar-refractivity contribution is -0.379. The maximum atomic E-state index is 13.5. The second kappa shape index (κ2) is 68.4. The monoisotopic (exact) mass is 1530 g/mol. The van der Waals surface area contributed by atoms with Crippen LogP contribution in [0.2, 0.25) is 0 Å². The summed E-state index contributed by atoms with van der Waals surface area (Å²) in [6.45, 7) is 1.67. The predicted molar refractivity (Wildman–Crippen MR) is 434 cm³/mol. The van der Waals surface area contributed by atoms with E-state index in [9.17, 15) is 61.0 Å². The zero-order chi connectivity index (χ0) is 78.1. The zero-order valence-electron chi connectivity index (χ0n) is 67.6. The van der Waals surface area contributed by atoms with Gasteiger partial charge < -0.3 is 89.9 Å². The minimum absolute atomic E-state index is 0.240. The van der Waals surface area contributed by atoms with Crippen LogP contribution in [0.15, 0.2) is 85.1 Å². The molecule has 108 heavy (non-hydrogen) atoms. The molecule has 19 nitrogen and oxygen atoms in total. The van der Waals surface area contributed by atoms with Crippen molar-refractivity contribution in [3.05, 3.63) is 85.1 Å². The fourth-order valence-corrected chi connectivity index (χ4v) is 14.5. The SMILES string of the molecule is CC/C=C\C/C=C\C/C=C\C/C=C\C/C=C\C/C=C\CCCCCCCCCCCCCCCCC(=O)NC(COC1OC(CO)C(OC2OC(CO)C(OC3OC(CO)C(O)C(O)C3O)C(O)C2O)C(O)C1O)C(O)/C=C/CCCCCCCCCCCCCCCCCCCCCCCCCCCCCC. The molecule has 1 amide bonds. The number of nitrogens with one attached hydrogen (secondary N) is 1. The molecule has 0 bridgehead atoms. The van der Waals surface area contributed by atoms with Gasteiger partial charge >= 0.3 is 0 Å². The van der Waals surface area contributed by atoms with Crippen molar-refractivity contribution in [1.82, 2.24) is 5.32 Å². The second-order valence-corrected chi connectivity index (χ2v) is 31.0. The minimum Gasteiger partial charge on any atom is -0.394 e. The van der Waals surface area contributed by atoms with E-state index in [2.05, 4.69) is 92.1 Å². The van der Waals surface area contributed by atoms with Gasteiger partial charge in [-0.25, -0.2) is 0 Å². The van der Waals surface area contributed by atoms with Crippen molar-refractivity contribution in [2.24, 2.45) is 0 Å². The van der Waals surface area contributed by atoms with Crippen molar-refractivity contribution in [3.8, 4) is 0 Å². The summed E-state index contributed by atoms with van der Waals surface area (Å²) in [6, 6.07) is -0.980. The zero-order valence-corrected chi connectivity index (χ0v) is 67.6. The van der Waals surface area contributed by atoms with Crippen LogP contribution in [0.1, 0.15) is 341 Å². The first kappa shape index (κ1) is 99.2. The quantitative estimate of drug-likeness (QED) is 0.0199. The number of hydrogen-bond donors (Lipinski definition) is 12. The summed E-state index contributed by atoms with van der Waals surface area (Å²) in [4.78, 5) is 13.5. The molecule has 0 aromatic heterocycles. The predicted octanol–water partition coefficient (Wildman–Crippen LogP) is 16.1. The maximum absolute atomic E-state index is 13.5. The minimum atomic E-state index is -1.98. The highest BCUT2D eigenvalue weighted by molar-refractivity contribution is 5.76. The maximum Gasteiger partial charge on any atom is 0.220 e. The number of allylic oxidation sites excluding steroid dienone is 13. The van der Waals surface area contributed by atoms with Crippen molar-refractivity contribution in [2.75, 3.05) is 26.4 Å². The average molecular weight is 1530 g/mol. The van der Waals surface area contributed by atoms with Crippen LogP contribution in [-0.2, 0) is 33.2 Å². The Bertz CT molecular complexity index is 2280. The van der Waals surface area contributed by atoms with E-state index in [4.69, 9.17) is 28.4 Å². The molecule has 3 fully saturated rings. The van der Waals surface area contributed by atoms with Crippen molar-refractivity contribution in [2.45, 2.75) is 446 Å². The Kier molecular flexibility index (Phi) is 62.8. The molecule has 0 aromatic rings. The molecule has 19 heteroatoms. The van der Waals surface area contributed by atoms with E-state index in [-0.39, 0.29) is 18.9 Å². The van der Waals surface area contributed by atoms with Crippen molar-refractivity contribution < 1.29 is 89.4 Å². The summed E-state index contributed by atoms with van der Waals surface area (Å²) in [5, 5.41) is 121. The smallest absolute Gasteiger partial charge is 0.220 e. The second-order valence-electron chi connectivity index (χ2n) is 31.0. The van der Waals surface area contributed by atoms with Gasteiger partial charge in [-0.3, -0.25) is 4.79 Å². The highest BCUT2D eigenvalue weighted by Crippen LogP contribution is 2.33. The van der Waals surface area contributed by atoms with Gasteiger partial charge in [0.15, 0.2) is 18.9 Å². The number of ether oxygens (including phenoxy) is 6. The molecule has 3 heterocycles. The lowest BCUT2D eigenvalue weighted by atomic mass is 9.96. The topological polar surface area (TPSA) is 307 Å². The highest BCUT2D eigenvalue weighted by atomic mass is 16.8. The van der Waals surface area contributed by atoms with Crippen molar-refractivity contribution in [1.29, 1.82) is 0 Å². The number of unbranched alkanes of at least 4 members (excludes halogenated alkanes) is 42. The number of carbonyl (C=O) groups excluding carboxylic acids is 1. The molecule has 3 aliphatic heterocycles. The lowest BCUT2D eigenvalue weighted by Crippen LogP contribution is -2.66. The third-order valence-corrected chi connectivity index (χ3v) is 21.4. The van der Waals surface area contributed by atoms with E-state index in [1.165, 1.54) is 225 Å². The summed E-state index contributed by atoms with van der Waals surface area (Å²) in [6.07, 6.45) is 65.7. The summed E-state index contributed by atoms with van der Waals surface area (Å²) in [7, 11) is 0. The molecule has 0 radical (unpaired) electrons. The molecule has 0 aliphatic carbocycles. The molecule has 0 saturated carbocycles. The van der Waals surface area contributed by atoms with Gasteiger partial charge in [-0.05, 0) is 70.6 Å². The molecule has 0 spiro atoms. The van der Waals surface area contributed by atoms with Crippen LogP contribution >= 0.6 is 0 Å². The fraction of sp³-hybridized carbons (Fsp3) is 0.831. The number of aliphatic hydroxyl groups is 11. The Hall–Kier alpha value is -3.03. The summed E-state index contributed by atoms with van der Waals surface area (Å²) >= 11 is 0. The molecule has 3 rings (SSSR count). The van der Waals surface area contributed by atoms with Gasteiger partial charge in [-0.15, -0.1) is 0 Å². The third-order valence-electron chi connectivity index (χ3n) is 21.4. The summed E-state index contributed by atoms with van der Waals surface area (Å²) in [5.41, 5.74) is 0. The average Bonchev–Trinajstić information content (AvgIpc) is 0.779. The lowest BCUT2D eigenvalue weighted by Gasteiger charge is -2.48. The number of carbonyl (C=O) groups is 1. The van der Waals surface area contributed by atoms with Gasteiger partial charge in [0.05, 0.1) is 38.6 Å². The van der Waals surface area contributed by atoms with Gasteiger partial charge in [-0.2, -0.15) is 0 Å². The Morgan fingerprint density at radius 3 is 1.00 bits per heavy atom. The van der Waals surface area contributed by atoms with E-state index >= 15 is 0 Å². The summed E-state index contributed by atoms with van der Waals surface area (Å²) in [5.74, 6) is -0.274. The molecule has 628 valence electrons. The van der Waals surface area contributed by atoms with Gasteiger partial charge in [0.1, 0.15) is 73.2 Å². The van der Waals surface area contributed by atoms with Crippen LogP contribution < -0.4 is 5.32 Å². The van der Waals surface area contributed by atoms with Gasteiger partial charge in [0.2, 0.25) is 5.91 Å². The first-order valence-electron chi connectivity index (χ1n) is 43.8. The Balaban J connectivity index is 1.35. The first-order valence-corrected chi connectivity index (χ1v) is 43.8. The number of amides is 1. The number of hydrogen-bond acceptors (Lipinski definition) is 18.